The van der Waals surface area contributed by atoms with E-state index in [1.54, 1.807) is 6.20 Å². The Morgan fingerprint density at radius 1 is 1.38 bits per heavy atom. The van der Waals surface area contributed by atoms with E-state index in [0.717, 1.165) is 25.2 Å². The second-order valence-corrected chi connectivity index (χ2v) is 5.02. The van der Waals surface area contributed by atoms with Crippen molar-refractivity contribution in [3.05, 3.63) is 23.4 Å². The Hall–Kier alpha value is -0.800. The van der Waals surface area contributed by atoms with E-state index in [1.165, 1.54) is 12.8 Å². The summed E-state index contributed by atoms with van der Waals surface area (Å²) in [5.41, 5.74) is 0.0569. The first-order valence-electron chi connectivity index (χ1n) is 5.70. The lowest BCUT2D eigenvalue weighted by Gasteiger charge is -2.26. The van der Waals surface area contributed by atoms with Crippen molar-refractivity contribution in [2.75, 3.05) is 18.5 Å². The zero-order chi connectivity index (χ0) is 11.4. The van der Waals surface area contributed by atoms with Gasteiger partial charge in [-0.2, -0.15) is 0 Å². The van der Waals surface area contributed by atoms with Crippen LogP contribution in [-0.4, -0.2) is 23.2 Å². The summed E-state index contributed by atoms with van der Waals surface area (Å²) in [5, 5.41) is 13.4. The summed E-state index contributed by atoms with van der Waals surface area (Å²) in [6.07, 6.45) is 6.27. The molecule has 0 atom stereocenters. The van der Waals surface area contributed by atoms with E-state index in [-0.39, 0.29) is 12.0 Å². The van der Waals surface area contributed by atoms with Gasteiger partial charge in [-0.15, -0.1) is 0 Å². The summed E-state index contributed by atoms with van der Waals surface area (Å²) in [6, 6.07) is 3.68. The number of anilines is 1. The number of hydrogen-bond acceptors (Lipinski definition) is 3. The molecule has 16 heavy (non-hydrogen) atoms. The topological polar surface area (TPSA) is 45.1 Å². The molecule has 88 valence electrons. The molecule has 3 nitrogen and oxygen atoms in total. The molecular formula is C12H17ClN2O. The molecule has 0 amide bonds. The number of aliphatic hydroxyl groups is 1. The van der Waals surface area contributed by atoms with E-state index in [9.17, 15) is 5.11 Å². The van der Waals surface area contributed by atoms with E-state index < -0.39 is 0 Å². The van der Waals surface area contributed by atoms with Crippen molar-refractivity contribution in [1.29, 1.82) is 0 Å². The van der Waals surface area contributed by atoms with E-state index in [1.807, 2.05) is 12.1 Å². The third-order valence-electron chi connectivity index (χ3n) is 3.37. The van der Waals surface area contributed by atoms with Gasteiger partial charge in [0.15, 0.2) is 0 Å². The van der Waals surface area contributed by atoms with Crippen LogP contribution < -0.4 is 5.32 Å². The number of aliphatic hydroxyl groups excluding tert-OH is 1. The molecule has 0 spiro atoms. The van der Waals surface area contributed by atoms with E-state index in [2.05, 4.69) is 10.3 Å². The van der Waals surface area contributed by atoms with Gasteiger partial charge in [-0.25, -0.2) is 4.98 Å². The first-order valence-corrected chi connectivity index (χ1v) is 6.08. The molecule has 0 saturated heterocycles. The van der Waals surface area contributed by atoms with E-state index in [4.69, 9.17) is 11.6 Å². The van der Waals surface area contributed by atoms with Crippen LogP contribution in [0.25, 0.3) is 0 Å². The molecule has 1 fully saturated rings. The summed E-state index contributed by atoms with van der Waals surface area (Å²) < 4.78 is 0. The molecular weight excluding hydrogens is 224 g/mol. The van der Waals surface area contributed by atoms with Crippen molar-refractivity contribution in [3.63, 3.8) is 0 Å². The molecule has 1 aromatic heterocycles. The Morgan fingerprint density at radius 2 is 2.12 bits per heavy atom. The van der Waals surface area contributed by atoms with Gasteiger partial charge >= 0.3 is 0 Å². The van der Waals surface area contributed by atoms with Crippen LogP contribution in [0.1, 0.15) is 25.7 Å². The molecule has 0 radical (unpaired) electrons. The lowest BCUT2D eigenvalue weighted by Crippen LogP contribution is -2.30. The lowest BCUT2D eigenvalue weighted by molar-refractivity contribution is 0.142. The van der Waals surface area contributed by atoms with Crippen LogP contribution >= 0.6 is 11.6 Å². The summed E-state index contributed by atoms with van der Waals surface area (Å²) in [7, 11) is 0. The lowest BCUT2D eigenvalue weighted by atomic mass is 9.87. The van der Waals surface area contributed by atoms with Crippen LogP contribution in [0.3, 0.4) is 0 Å². The van der Waals surface area contributed by atoms with Gasteiger partial charge in [-0.05, 0) is 25.0 Å². The fourth-order valence-corrected chi connectivity index (χ4v) is 2.39. The zero-order valence-corrected chi connectivity index (χ0v) is 10.0. The van der Waals surface area contributed by atoms with Crippen LogP contribution in [0.5, 0.6) is 0 Å². The Morgan fingerprint density at radius 3 is 2.69 bits per heavy atom. The number of nitrogens with one attached hydrogen (secondary N) is 1. The van der Waals surface area contributed by atoms with Gasteiger partial charge in [0.1, 0.15) is 5.82 Å². The third-order valence-corrected chi connectivity index (χ3v) is 3.60. The van der Waals surface area contributed by atoms with Gasteiger partial charge in [-0.1, -0.05) is 24.4 Å². The van der Waals surface area contributed by atoms with Crippen molar-refractivity contribution >= 4 is 17.4 Å². The minimum atomic E-state index is 0.0569. The Kier molecular flexibility index (Phi) is 3.66. The fourth-order valence-electron chi connectivity index (χ4n) is 2.27. The molecule has 1 aliphatic rings. The highest BCUT2D eigenvalue weighted by Crippen LogP contribution is 2.37. The predicted octanol–water partition coefficient (Wildman–Crippen LogP) is 2.70. The average molecular weight is 241 g/mol. The van der Waals surface area contributed by atoms with Crippen molar-refractivity contribution in [3.8, 4) is 0 Å². The van der Waals surface area contributed by atoms with Crippen LogP contribution in [0.15, 0.2) is 18.3 Å². The summed E-state index contributed by atoms with van der Waals surface area (Å²) in [4.78, 5) is 4.18. The average Bonchev–Trinajstić information content (AvgIpc) is 2.78. The SMILES string of the molecule is OCC1(CNc2ccc(Cl)cn2)CCCC1. The van der Waals surface area contributed by atoms with E-state index in [0.29, 0.717) is 5.02 Å². The Labute approximate surface area is 101 Å². The van der Waals surface area contributed by atoms with Gasteiger partial charge < -0.3 is 10.4 Å². The quantitative estimate of drug-likeness (QED) is 0.851. The molecule has 2 N–H and O–H groups in total. The molecule has 2 rings (SSSR count). The second kappa shape index (κ2) is 5.02. The highest BCUT2D eigenvalue weighted by molar-refractivity contribution is 6.30. The largest absolute Gasteiger partial charge is 0.396 e. The van der Waals surface area contributed by atoms with Crippen LogP contribution in [0, 0.1) is 5.41 Å². The van der Waals surface area contributed by atoms with Gasteiger partial charge in [0.2, 0.25) is 0 Å². The maximum atomic E-state index is 9.46. The first kappa shape index (κ1) is 11.7. The molecule has 0 aliphatic heterocycles. The number of aromatic nitrogens is 1. The molecule has 1 aromatic rings. The van der Waals surface area contributed by atoms with Crippen LogP contribution in [0.2, 0.25) is 5.02 Å². The van der Waals surface area contributed by atoms with Gasteiger partial charge in [0.25, 0.3) is 0 Å². The van der Waals surface area contributed by atoms with Crippen molar-refractivity contribution < 1.29 is 5.11 Å². The summed E-state index contributed by atoms with van der Waals surface area (Å²) >= 11 is 5.76. The Balaban J connectivity index is 1.93. The standard InChI is InChI=1S/C12H17ClN2O/c13-10-3-4-11(14-7-10)15-8-12(9-16)5-1-2-6-12/h3-4,7,16H,1-2,5-6,8-9H2,(H,14,15). The van der Waals surface area contributed by atoms with Gasteiger partial charge in [-0.3, -0.25) is 0 Å². The number of rotatable bonds is 4. The van der Waals surface area contributed by atoms with Gasteiger partial charge in [0, 0.05) is 18.2 Å². The summed E-state index contributed by atoms with van der Waals surface area (Å²) in [6.45, 7) is 1.05. The fraction of sp³-hybridized carbons (Fsp3) is 0.583. The minimum absolute atomic E-state index is 0.0569. The monoisotopic (exact) mass is 240 g/mol. The van der Waals surface area contributed by atoms with Crippen LogP contribution in [0.4, 0.5) is 5.82 Å². The normalized spacial score (nSPS) is 18.6. The maximum absolute atomic E-state index is 9.46. The first-order chi connectivity index (χ1) is 7.74. The molecule has 0 aromatic carbocycles. The minimum Gasteiger partial charge on any atom is -0.396 e. The van der Waals surface area contributed by atoms with Crippen molar-refractivity contribution in [2.24, 2.45) is 5.41 Å². The molecule has 0 bridgehead atoms. The van der Waals surface area contributed by atoms with Crippen molar-refractivity contribution in [1.82, 2.24) is 4.98 Å². The zero-order valence-electron chi connectivity index (χ0n) is 9.25. The van der Waals surface area contributed by atoms with Crippen LogP contribution in [-0.2, 0) is 0 Å². The highest BCUT2D eigenvalue weighted by atomic mass is 35.5. The molecule has 0 unspecified atom stereocenters. The molecule has 1 heterocycles. The molecule has 1 saturated carbocycles. The number of hydrogen-bond donors (Lipinski definition) is 2. The number of halogens is 1. The molecule has 1 aliphatic carbocycles. The van der Waals surface area contributed by atoms with Crippen molar-refractivity contribution in [2.45, 2.75) is 25.7 Å². The number of nitrogens with zero attached hydrogens (tertiary/aromatic N) is 1. The predicted molar refractivity (Wildman–Crippen MR) is 65.7 cm³/mol. The maximum Gasteiger partial charge on any atom is 0.126 e. The van der Waals surface area contributed by atoms with Gasteiger partial charge in [0.05, 0.1) is 11.6 Å². The summed E-state index contributed by atoms with van der Waals surface area (Å²) in [5.74, 6) is 0.823. The third kappa shape index (κ3) is 2.66. The van der Waals surface area contributed by atoms with E-state index >= 15 is 0 Å². The Bertz CT molecular complexity index is 333. The highest BCUT2D eigenvalue weighted by Gasteiger charge is 2.32. The smallest absolute Gasteiger partial charge is 0.126 e. The number of pyridine rings is 1. The molecule has 4 heteroatoms. The second-order valence-electron chi connectivity index (χ2n) is 4.58.